The zero-order valence-electron chi connectivity index (χ0n) is 10.6. The summed E-state index contributed by atoms with van der Waals surface area (Å²) in [4.78, 5) is 4.65. The highest BCUT2D eigenvalue weighted by Crippen LogP contribution is 2.18. The summed E-state index contributed by atoms with van der Waals surface area (Å²) in [5, 5.41) is 10.3. The van der Waals surface area contributed by atoms with Crippen molar-refractivity contribution in [1.82, 2.24) is 9.80 Å². The molecule has 1 aliphatic rings. The molecule has 1 aliphatic heterocycles. The standard InChI is InChI=1S/C12H26N2O/c1-5-10(2)12(15)11-9-13(3)7-6-8-14(11)4/h10-12,15H,5-9H2,1-4H3. The van der Waals surface area contributed by atoms with Gasteiger partial charge in [0, 0.05) is 12.6 Å². The first-order valence-corrected chi connectivity index (χ1v) is 6.13. The maximum absolute atomic E-state index is 10.3. The van der Waals surface area contributed by atoms with Crippen LogP contribution < -0.4 is 0 Å². The van der Waals surface area contributed by atoms with E-state index in [2.05, 4.69) is 37.7 Å². The summed E-state index contributed by atoms with van der Waals surface area (Å²) in [5.41, 5.74) is 0. The molecule has 0 saturated carbocycles. The summed E-state index contributed by atoms with van der Waals surface area (Å²) < 4.78 is 0. The first kappa shape index (κ1) is 12.9. The fraction of sp³-hybridized carbons (Fsp3) is 1.00. The van der Waals surface area contributed by atoms with Crippen molar-refractivity contribution in [2.45, 2.75) is 38.8 Å². The molecule has 1 rings (SSSR count). The molecular weight excluding hydrogens is 188 g/mol. The highest BCUT2D eigenvalue weighted by molar-refractivity contribution is 4.85. The summed E-state index contributed by atoms with van der Waals surface area (Å²) in [6, 6.07) is 0.299. The predicted octanol–water partition coefficient (Wildman–Crippen LogP) is 1.03. The van der Waals surface area contributed by atoms with E-state index in [0.29, 0.717) is 12.0 Å². The molecule has 0 amide bonds. The number of aliphatic hydroxyl groups excluding tert-OH is 1. The third-order valence-electron chi connectivity index (χ3n) is 3.74. The molecule has 15 heavy (non-hydrogen) atoms. The summed E-state index contributed by atoms with van der Waals surface area (Å²) >= 11 is 0. The predicted molar refractivity (Wildman–Crippen MR) is 64.0 cm³/mol. The lowest BCUT2D eigenvalue weighted by Crippen LogP contribution is -2.48. The van der Waals surface area contributed by atoms with Crippen LogP contribution in [0.15, 0.2) is 0 Å². The van der Waals surface area contributed by atoms with E-state index < -0.39 is 0 Å². The Kier molecular flexibility index (Phi) is 5.03. The van der Waals surface area contributed by atoms with Crippen molar-refractivity contribution >= 4 is 0 Å². The van der Waals surface area contributed by atoms with Gasteiger partial charge in [-0.15, -0.1) is 0 Å². The minimum atomic E-state index is -0.194. The van der Waals surface area contributed by atoms with E-state index in [1.165, 1.54) is 6.42 Å². The molecule has 3 atom stereocenters. The molecule has 0 spiro atoms. The molecular formula is C12H26N2O. The lowest BCUT2D eigenvalue weighted by molar-refractivity contribution is 0.0203. The summed E-state index contributed by atoms with van der Waals surface area (Å²) in [6.07, 6.45) is 2.06. The van der Waals surface area contributed by atoms with Crippen molar-refractivity contribution in [2.75, 3.05) is 33.7 Å². The Morgan fingerprint density at radius 3 is 2.60 bits per heavy atom. The quantitative estimate of drug-likeness (QED) is 0.760. The van der Waals surface area contributed by atoms with Crippen LogP contribution in [0.1, 0.15) is 26.7 Å². The smallest absolute Gasteiger partial charge is 0.0733 e. The average Bonchev–Trinajstić information content (AvgIpc) is 2.38. The minimum absolute atomic E-state index is 0.194. The number of likely N-dealkylation sites (N-methyl/N-ethyl adjacent to an activating group) is 2. The lowest BCUT2D eigenvalue weighted by Gasteiger charge is -2.34. The van der Waals surface area contributed by atoms with Crippen LogP contribution in [0.5, 0.6) is 0 Å². The van der Waals surface area contributed by atoms with Crippen molar-refractivity contribution in [3.63, 3.8) is 0 Å². The van der Waals surface area contributed by atoms with Crippen LogP contribution in [0.3, 0.4) is 0 Å². The van der Waals surface area contributed by atoms with Crippen molar-refractivity contribution < 1.29 is 5.11 Å². The Hall–Kier alpha value is -0.120. The Morgan fingerprint density at radius 2 is 2.00 bits per heavy atom. The van der Waals surface area contributed by atoms with Crippen LogP contribution >= 0.6 is 0 Å². The van der Waals surface area contributed by atoms with E-state index in [-0.39, 0.29) is 6.10 Å². The topological polar surface area (TPSA) is 26.7 Å². The molecule has 3 unspecified atom stereocenters. The normalized spacial score (nSPS) is 29.8. The Bertz CT molecular complexity index is 186. The Balaban J connectivity index is 2.62. The number of nitrogens with zero attached hydrogens (tertiary/aromatic N) is 2. The molecule has 0 bridgehead atoms. The van der Waals surface area contributed by atoms with Gasteiger partial charge in [0.1, 0.15) is 0 Å². The van der Waals surface area contributed by atoms with Crippen molar-refractivity contribution in [2.24, 2.45) is 5.92 Å². The number of rotatable bonds is 3. The van der Waals surface area contributed by atoms with Crippen molar-refractivity contribution in [1.29, 1.82) is 0 Å². The molecule has 0 aromatic heterocycles. The summed E-state index contributed by atoms with van der Waals surface area (Å²) in [6.45, 7) is 7.52. The highest BCUT2D eigenvalue weighted by atomic mass is 16.3. The van der Waals surface area contributed by atoms with E-state index >= 15 is 0 Å². The lowest BCUT2D eigenvalue weighted by atomic mass is 9.94. The fourth-order valence-electron chi connectivity index (χ4n) is 2.30. The first-order chi connectivity index (χ1) is 7.06. The Morgan fingerprint density at radius 1 is 1.33 bits per heavy atom. The minimum Gasteiger partial charge on any atom is -0.391 e. The zero-order chi connectivity index (χ0) is 11.4. The molecule has 1 saturated heterocycles. The van der Waals surface area contributed by atoms with Crippen molar-refractivity contribution in [3.05, 3.63) is 0 Å². The molecule has 3 heteroatoms. The second-order valence-electron chi connectivity index (χ2n) is 5.04. The number of hydrogen-bond acceptors (Lipinski definition) is 3. The number of aliphatic hydroxyl groups is 1. The third kappa shape index (κ3) is 3.44. The second-order valence-corrected chi connectivity index (χ2v) is 5.04. The van der Waals surface area contributed by atoms with Gasteiger partial charge in [-0.2, -0.15) is 0 Å². The molecule has 0 aromatic rings. The SMILES string of the molecule is CCC(C)C(O)C1CN(C)CCCN1C. The van der Waals surface area contributed by atoms with E-state index in [4.69, 9.17) is 0 Å². The van der Waals surface area contributed by atoms with E-state index in [1.54, 1.807) is 0 Å². The molecule has 90 valence electrons. The van der Waals surface area contributed by atoms with Crippen LogP contribution in [0.25, 0.3) is 0 Å². The van der Waals surface area contributed by atoms with Gasteiger partial charge in [-0.25, -0.2) is 0 Å². The van der Waals surface area contributed by atoms with Gasteiger partial charge in [0.2, 0.25) is 0 Å². The molecule has 1 heterocycles. The van der Waals surface area contributed by atoms with Crippen LogP contribution in [0, 0.1) is 5.92 Å². The first-order valence-electron chi connectivity index (χ1n) is 6.13. The molecule has 0 aromatic carbocycles. The van der Waals surface area contributed by atoms with Crippen LogP contribution in [0.2, 0.25) is 0 Å². The maximum Gasteiger partial charge on any atom is 0.0733 e. The zero-order valence-corrected chi connectivity index (χ0v) is 10.6. The van der Waals surface area contributed by atoms with Gasteiger partial charge in [0.25, 0.3) is 0 Å². The molecule has 1 N–H and O–H groups in total. The fourth-order valence-corrected chi connectivity index (χ4v) is 2.30. The molecule has 0 aliphatic carbocycles. The van der Waals surface area contributed by atoms with Crippen LogP contribution in [0.4, 0.5) is 0 Å². The average molecular weight is 214 g/mol. The highest BCUT2D eigenvalue weighted by Gasteiger charge is 2.29. The van der Waals surface area contributed by atoms with Gasteiger partial charge in [-0.05, 0) is 39.5 Å². The largest absolute Gasteiger partial charge is 0.391 e. The van der Waals surface area contributed by atoms with Crippen LogP contribution in [-0.4, -0.2) is 60.8 Å². The van der Waals surface area contributed by atoms with E-state index in [1.807, 2.05) is 0 Å². The monoisotopic (exact) mass is 214 g/mol. The van der Waals surface area contributed by atoms with Crippen molar-refractivity contribution in [3.8, 4) is 0 Å². The van der Waals surface area contributed by atoms with Gasteiger partial charge in [-0.1, -0.05) is 20.3 Å². The molecule has 0 radical (unpaired) electrons. The van der Waals surface area contributed by atoms with Gasteiger partial charge in [-0.3, -0.25) is 4.90 Å². The van der Waals surface area contributed by atoms with E-state index in [9.17, 15) is 5.11 Å². The number of hydrogen-bond donors (Lipinski definition) is 1. The van der Waals surface area contributed by atoms with Gasteiger partial charge in [0.05, 0.1) is 6.10 Å². The van der Waals surface area contributed by atoms with Gasteiger partial charge in [0.15, 0.2) is 0 Å². The molecule has 1 fully saturated rings. The van der Waals surface area contributed by atoms with E-state index in [0.717, 1.165) is 26.1 Å². The summed E-state index contributed by atoms with van der Waals surface area (Å²) in [5.74, 6) is 0.393. The summed E-state index contributed by atoms with van der Waals surface area (Å²) in [7, 11) is 4.28. The maximum atomic E-state index is 10.3. The third-order valence-corrected chi connectivity index (χ3v) is 3.74. The van der Waals surface area contributed by atoms with Gasteiger partial charge >= 0.3 is 0 Å². The molecule has 3 nitrogen and oxygen atoms in total. The Labute approximate surface area is 94.1 Å². The van der Waals surface area contributed by atoms with Gasteiger partial charge < -0.3 is 10.0 Å². The van der Waals surface area contributed by atoms with Crippen LogP contribution in [-0.2, 0) is 0 Å². The second kappa shape index (κ2) is 5.83.